The first-order valence-corrected chi connectivity index (χ1v) is 7.19. The fourth-order valence-corrected chi connectivity index (χ4v) is 2.41. The molecule has 3 nitrogen and oxygen atoms in total. The van der Waals surface area contributed by atoms with Crippen LogP contribution < -0.4 is 5.32 Å². The number of hydrogen-bond acceptors (Lipinski definition) is 2. The second-order valence-corrected chi connectivity index (χ2v) is 5.98. The largest absolute Gasteiger partial charge is 0.322 e. The molecule has 18 heavy (non-hydrogen) atoms. The Labute approximate surface area is 131 Å². The van der Waals surface area contributed by atoms with Gasteiger partial charge in [-0.1, -0.05) is 17.7 Å². The van der Waals surface area contributed by atoms with Crippen molar-refractivity contribution in [2.75, 3.05) is 5.32 Å². The number of anilines is 1. The van der Waals surface area contributed by atoms with Crippen LogP contribution in [0.1, 0.15) is 10.4 Å². The number of pyridine rings is 1. The lowest BCUT2D eigenvalue weighted by atomic mass is 10.2. The molecule has 0 unspecified atom stereocenters. The number of benzene rings is 1. The Morgan fingerprint density at radius 2 is 2.17 bits per heavy atom. The van der Waals surface area contributed by atoms with Gasteiger partial charge in [-0.25, -0.2) is 4.98 Å². The SMILES string of the molecule is O=C(Nc1cccc(I)c1)c1cc(Br)cnc1Cl. The maximum Gasteiger partial charge on any atom is 0.258 e. The van der Waals surface area contributed by atoms with Gasteiger partial charge in [-0.3, -0.25) is 4.79 Å². The molecule has 0 aliphatic rings. The van der Waals surface area contributed by atoms with Crippen LogP contribution in [0, 0.1) is 3.57 Å². The summed E-state index contributed by atoms with van der Waals surface area (Å²) in [4.78, 5) is 16.0. The number of aromatic nitrogens is 1. The van der Waals surface area contributed by atoms with Gasteiger partial charge in [-0.2, -0.15) is 0 Å². The van der Waals surface area contributed by atoms with E-state index in [9.17, 15) is 4.79 Å². The van der Waals surface area contributed by atoms with E-state index < -0.39 is 0 Å². The molecule has 0 saturated carbocycles. The molecule has 0 saturated heterocycles. The molecule has 92 valence electrons. The minimum atomic E-state index is -0.282. The molecule has 0 atom stereocenters. The molecule has 1 aromatic heterocycles. The lowest BCUT2D eigenvalue weighted by Crippen LogP contribution is -2.13. The van der Waals surface area contributed by atoms with Crippen molar-refractivity contribution in [2.24, 2.45) is 0 Å². The van der Waals surface area contributed by atoms with Gasteiger partial charge >= 0.3 is 0 Å². The van der Waals surface area contributed by atoms with E-state index in [0.29, 0.717) is 10.0 Å². The molecule has 2 aromatic rings. The van der Waals surface area contributed by atoms with E-state index in [2.05, 4.69) is 48.8 Å². The van der Waals surface area contributed by atoms with Crippen molar-refractivity contribution in [1.29, 1.82) is 0 Å². The van der Waals surface area contributed by atoms with E-state index in [-0.39, 0.29) is 11.1 Å². The first-order chi connectivity index (χ1) is 8.56. The number of rotatable bonds is 2. The normalized spacial score (nSPS) is 10.2. The summed E-state index contributed by atoms with van der Waals surface area (Å²) in [6, 6.07) is 9.15. The molecule has 0 fully saturated rings. The van der Waals surface area contributed by atoms with Gasteiger partial charge in [0.2, 0.25) is 0 Å². The zero-order chi connectivity index (χ0) is 13.1. The van der Waals surface area contributed by atoms with Crippen LogP contribution in [0.25, 0.3) is 0 Å². The summed E-state index contributed by atoms with van der Waals surface area (Å²) in [5, 5.41) is 2.96. The molecular weight excluding hydrogens is 430 g/mol. The summed E-state index contributed by atoms with van der Waals surface area (Å²) in [6.07, 6.45) is 1.55. The van der Waals surface area contributed by atoms with Crippen molar-refractivity contribution < 1.29 is 4.79 Å². The average Bonchev–Trinajstić information content (AvgIpc) is 2.32. The quantitative estimate of drug-likeness (QED) is 0.561. The third-order valence-electron chi connectivity index (χ3n) is 2.13. The predicted molar refractivity (Wildman–Crippen MR) is 84.1 cm³/mol. The number of amides is 1. The number of halogens is 3. The molecule has 1 aromatic carbocycles. The highest BCUT2D eigenvalue weighted by molar-refractivity contribution is 14.1. The molecule has 0 spiro atoms. The van der Waals surface area contributed by atoms with Crippen molar-refractivity contribution >= 4 is 61.7 Å². The van der Waals surface area contributed by atoms with Gasteiger partial charge in [0.1, 0.15) is 5.15 Å². The van der Waals surface area contributed by atoms with Crippen LogP contribution in [0.4, 0.5) is 5.69 Å². The zero-order valence-corrected chi connectivity index (χ0v) is 13.5. The van der Waals surface area contributed by atoms with Gasteiger partial charge in [0.15, 0.2) is 0 Å². The van der Waals surface area contributed by atoms with Crippen molar-refractivity contribution in [1.82, 2.24) is 4.98 Å². The van der Waals surface area contributed by atoms with Gasteiger partial charge in [0.05, 0.1) is 5.56 Å². The Bertz CT molecular complexity index is 606. The van der Waals surface area contributed by atoms with Crippen molar-refractivity contribution in [3.05, 3.63) is 55.3 Å². The van der Waals surface area contributed by atoms with Crippen molar-refractivity contribution in [3.8, 4) is 0 Å². The van der Waals surface area contributed by atoms with E-state index in [4.69, 9.17) is 11.6 Å². The topological polar surface area (TPSA) is 42.0 Å². The molecule has 1 heterocycles. The Morgan fingerprint density at radius 1 is 1.39 bits per heavy atom. The highest BCUT2D eigenvalue weighted by atomic mass is 127. The minimum Gasteiger partial charge on any atom is -0.322 e. The van der Waals surface area contributed by atoms with E-state index >= 15 is 0 Å². The summed E-state index contributed by atoms with van der Waals surface area (Å²) in [7, 11) is 0. The summed E-state index contributed by atoms with van der Waals surface area (Å²) < 4.78 is 1.75. The van der Waals surface area contributed by atoms with E-state index in [1.54, 1.807) is 12.3 Å². The number of hydrogen-bond donors (Lipinski definition) is 1. The maximum atomic E-state index is 12.0. The minimum absolute atomic E-state index is 0.182. The Hall–Kier alpha value is -0.660. The van der Waals surface area contributed by atoms with Gasteiger partial charge in [-0.15, -0.1) is 0 Å². The molecule has 1 amide bonds. The smallest absolute Gasteiger partial charge is 0.258 e. The van der Waals surface area contributed by atoms with E-state index in [1.165, 1.54) is 0 Å². The molecule has 0 aliphatic heterocycles. The number of nitrogens with one attached hydrogen (secondary N) is 1. The van der Waals surface area contributed by atoms with Crippen LogP contribution in [0.15, 0.2) is 41.0 Å². The monoisotopic (exact) mass is 436 g/mol. The van der Waals surface area contributed by atoms with E-state index in [0.717, 1.165) is 9.26 Å². The molecule has 0 aliphatic carbocycles. The third-order valence-corrected chi connectivity index (χ3v) is 3.54. The van der Waals surface area contributed by atoms with Crippen LogP contribution in [0.5, 0.6) is 0 Å². The highest BCUT2D eigenvalue weighted by Gasteiger charge is 2.12. The molecule has 0 radical (unpaired) electrons. The summed E-state index contributed by atoms with van der Waals surface area (Å²) in [5.74, 6) is -0.282. The first-order valence-electron chi connectivity index (χ1n) is 4.94. The maximum absolute atomic E-state index is 12.0. The van der Waals surface area contributed by atoms with Gasteiger partial charge in [0, 0.05) is 19.9 Å². The summed E-state index contributed by atoms with van der Waals surface area (Å²) in [6.45, 7) is 0. The molecule has 0 bridgehead atoms. The lowest BCUT2D eigenvalue weighted by molar-refractivity contribution is 0.102. The third kappa shape index (κ3) is 3.43. The second kappa shape index (κ2) is 5.99. The van der Waals surface area contributed by atoms with Crippen molar-refractivity contribution in [2.45, 2.75) is 0 Å². The fraction of sp³-hybridized carbons (Fsp3) is 0. The van der Waals surface area contributed by atoms with Crippen LogP contribution in [0.2, 0.25) is 5.15 Å². The fourth-order valence-electron chi connectivity index (χ4n) is 1.35. The molecule has 2 rings (SSSR count). The Balaban J connectivity index is 2.24. The Kier molecular flexibility index (Phi) is 4.58. The van der Waals surface area contributed by atoms with Crippen LogP contribution in [-0.4, -0.2) is 10.9 Å². The van der Waals surface area contributed by atoms with Crippen LogP contribution >= 0.6 is 50.1 Å². The predicted octanol–water partition coefficient (Wildman–Crippen LogP) is 4.35. The molecule has 6 heteroatoms. The van der Waals surface area contributed by atoms with Gasteiger partial charge < -0.3 is 5.32 Å². The molecule has 1 N–H and O–H groups in total. The van der Waals surface area contributed by atoms with Crippen LogP contribution in [-0.2, 0) is 0 Å². The lowest BCUT2D eigenvalue weighted by Gasteiger charge is -2.07. The summed E-state index contributed by atoms with van der Waals surface area (Å²) >= 11 is 11.3. The standard InChI is InChI=1S/C12H7BrClIN2O/c13-7-4-10(11(14)16-6-7)12(18)17-9-3-1-2-8(15)5-9/h1-6H,(H,17,18). The number of nitrogens with zero attached hydrogens (tertiary/aromatic N) is 1. The van der Waals surface area contributed by atoms with Crippen LogP contribution in [0.3, 0.4) is 0 Å². The van der Waals surface area contributed by atoms with E-state index in [1.807, 2.05) is 24.3 Å². The van der Waals surface area contributed by atoms with Gasteiger partial charge in [0.25, 0.3) is 5.91 Å². The first kappa shape index (κ1) is 13.8. The summed E-state index contributed by atoms with van der Waals surface area (Å²) in [5.41, 5.74) is 1.06. The Morgan fingerprint density at radius 3 is 2.89 bits per heavy atom. The second-order valence-electron chi connectivity index (χ2n) is 3.46. The highest BCUT2D eigenvalue weighted by Crippen LogP contribution is 2.20. The number of carbonyl (C=O) groups is 1. The number of carbonyl (C=O) groups excluding carboxylic acids is 1. The zero-order valence-electron chi connectivity index (χ0n) is 8.95. The molecular formula is C12H7BrClIN2O. The van der Waals surface area contributed by atoms with Crippen molar-refractivity contribution in [3.63, 3.8) is 0 Å². The van der Waals surface area contributed by atoms with Gasteiger partial charge in [-0.05, 0) is 62.8 Å². The average molecular weight is 437 g/mol.